The molecule has 4 heterocycles. The number of esters is 1. The highest BCUT2D eigenvalue weighted by molar-refractivity contribution is 6.35. The number of carbonyl (C=O) groups excluding carboxylic acids is 6. The summed E-state index contributed by atoms with van der Waals surface area (Å²) in [7, 11) is 5.94. The smallest absolute Gasteiger partial charge is 0.409 e. The number of amides is 5. The van der Waals surface area contributed by atoms with Gasteiger partial charge in [0.15, 0.2) is 5.72 Å². The predicted octanol–water partition coefficient (Wildman–Crippen LogP) is 4.00. The molecule has 1 unspecified atom stereocenters. The highest BCUT2D eigenvalue weighted by Crippen LogP contribution is 2.49. The third-order valence-electron chi connectivity index (χ3n) is 11.7. The first-order valence-corrected chi connectivity index (χ1v) is 20.1. The second kappa shape index (κ2) is 18.7. The van der Waals surface area contributed by atoms with Gasteiger partial charge in [0.1, 0.15) is 40.7 Å². The van der Waals surface area contributed by atoms with Crippen molar-refractivity contribution in [2.75, 3.05) is 39.8 Å². The van der Waals surface area contributed by atoms with E-state index in [2.05, 4.69) is 5.32 Å². The fraction of sp³-hybridized carbons (Fsp3) is 0.571. The number of unbranched alkanes of at least 4 members (excludes halogenated alkanes) is 2. The second-order valence-electron chi connectivity index (χ2n) is 15.9. The standard InChI is InChI=1S/C42H55ClN4O12/c1-24-13-12-14-31(56-8)42(54)23-30(57-40(53)44-42)25(2)38-41(4,59-38)32(22-36(51)46(6)28-20-27(19-24)21-29(55-7)37(28)43)58-39(52)26(3)45(5)33(48)15-10-9-11-18-47-34(49)16-17-35(47)50/h12-14,16-17,20-21,25-26,30-32,38,54H,9-11,15,18-19,22-23H2,1-8H3,(H,44,53)/b14-12+,24-13+/t25-,26+,30+,31-,32+,38+,41?,42+/m1/s1. The first-order valence-electron chi connectivity index (χ1n) is 19.7. The van der Waals surface area contributed by atoms with Crippen molar-refractivity contribution in [2.24, 2.45) is 5.92 Å². The summed E-state index contributed by atoms with van der Waals surface area (Å²) in [5.41, 5.74) is -1.05. The van der Waals surface area contributed by atoms with E-state index in [4.69, 9.17) is 35.3 Å². The number of hydrogen-bond donors (Lipinski definition) is 2. The lowest BCUT2D eigenvalue weighted by Crippen LogP contribution is -2.63. The number of allylic oxidation sites excluding steroid dienone is 3. The fourth-order valence-electron chi connectivity index (χ4n) is 7.77. The van der Waals surface area contributed by atoms with E-state index in [1.54, 1.807) is 45.2 Å². The quantitative estimate of drug-likeness (QED) is 0.141. The molecule has 2 fully saturated rings. The number of epoxide rings is 1. The lowest BCUT2D eigenvalue weighted by atomic mass is 9.83. The first kappa shape index (κ1) is 45.3. The van der Waals surface area contributed by atoms with Crippen LogP contribution in [-0.2, 0) is 49.3 Å². The summed E-state index contributed by atoms with van der Waals surface area (Å²) in [5, 5.41) is 14.5. The van der Waals surface area contributed by atoms with Gasteiger partial charge in [-0.2, -0.15) is 0 Å². The van der Waals surface area contributed by atoms with Crippen molar-refractivity contribution in [3.63, 3.8) is 0 Å². The van der Waals surface area contributed by atoms with E-state index in [1.807, 2.05) is 13.0 Å². The Labute approximate surface area is 349 Å². The van der Waals surface area contributed by atoms with Crippen LogP contribution in [0.4, 0.5) is 10.5 Å². The zero-order valence-corrected chi connectivity index (χ0v) is 35.6. The van der Waals surface area contributed by atoms with E-state index in [0.717, 1.165) is 16.0 Å². The van der Waals surface area contributed by atoms with Gasteiger partial charge < -0.3 is 38.6 Å². The molecule has 1 aromatic rings. The topological polar surface area (TPSA) is 194 Å². The Bertz CT molecular complexity index is 1900. The molecule has 4 bridgehead atoms. The molecule has 0 aliphatic carbocycles. The largest absolute Gasteiger partial charge is 0.495 e. The van der Waals surface area contributed by atoms with Gasteiger partial charge in [-0.05, 0) is 57.7 Å². The maximum absolute atomic E-state index is 14.2. The number of nitrogens with zero attached hydrogens (tertiary/aromatic N) is 3. The number of imide groups is 1. The van der Waals surface area contributed by atoms with Crippen LogP contribution in [0.3, 0.4) is 0 Å². The number of fused-ring (bicyclic) bond motifs is 5. The summed E-state index contributed by atoms with van der Waals surface area (Å²) in [6.07, 6.45) is 4.78. The van der Waals surface area contributed by atoms with Gasteiger partial charge in [-0.3, -0.25) is 29.4 Å². The Kier molecular flexibility index (Phi) is 14.3. The Hall–Kier alpha value is -4.77. The maximum atomic E-state index is 14.2. The molecule has 1 aromatic carbocycles. The number of benzene rings is 1. The zero-order chi connectivity index (χ0) is 43.4. The second-order valence-corrected chi connectivity index (χ2v) is 16.3. The average Bonchev–Trinajstić information content (AvgIpc) is 3.79. The normalized spacial score (nSPS) is 30.4. The summed E-state index contributed by atoms with van der Waals surface area (Å²) in [5.74, 6) is -2.49. The molecule has 2 saturated heterocycles. The summed E-state index contributed by atoms with van der Waals surface area (Å²) in [6, 6.07) is 2.50. The molecule has 4 aliphatic rings. The van der Waals surface area contributed by atoms with E-state index in [0.29, 0.717) is 37.1 Å². The van der Waals surface area contributed by atoms with Crippen molar-refractivity contribution in [3.05, 3.63) is 58.7 Å². The summed E-state index contributed by atoms with van der Waals surface area (Å²) < 4.78 is 29.3. The van der Waals surface area contributed by atoms with Crippen molar-refractivity contribution in [3.8, 4) is 5.75 Å². The van der Waals surface area contributed by atoms with Crippen molar-refractivity contribution in [1.29, 1.82) is 0 Å². The molecule has 8 atom stereocenters. The van der Waals surface area contributed by atoms with Crippen LogP contribution in [0.1, 0.15) is 71.8 Å². The molecule has 2 N–H and O–H groups in total. The molecule has 322 valence electrons. The SMILES string of the molecule is COc1cc2cc(c1Cl)N(C)C(=O)C[C@H](OC(=O)[C@H](C)N(C)C(=O)CCCCCN1C(=O)C=CC1=O)C1(C)O[C@H]1[C@H](C)[C@@H]1C[C@@](O)(NC(=O)O1)[C@H](OC)/C=C/C=C(\C)C2. The molecule has 5 rings (SSSR count). The summed E-state index contributed by atoms with van der Waals surface area (Å²) >= 11 is 6.77. The summed E-state index contributed by atoms with van der Waals surface area (Å²) in [6.45, 7) is 7.16. The average molecular weight is 843 g/mol. The van der Waals surface area contributed by atoms with Crippen LogP contribution in [0.5, 0.6) is 5.75 Å². The Morgan fingerprint density at radius 2 is 1.81 bits per heavy atom. The molecule has 16 nitrogen and oxygen atoms in total. The molecule has 4 aliphatic heterocycles. The molecule has 59 heavy (non-hydrogen) atoms. The van der Waals surface area contributed by atoms with Crippen molar-refractivity contribution in [2.45, 2.75) is 114 Å². The molecular formula is C42H55ClN4O12. The van der Waals surface area contributed by atoms with E-state index < -0.39 is 65.7 Å². The number of carbonyl (C=O) groups is 6. The lowest BCUT2D eigenvalue weighted by molar-refractivity contribution is -0.162. The van der Waals surface area contributed by atoms with Crippen LogP contribution in [0.25, 0.3) is 0 Å². The fourth-order valence-corrected chi connectivity index (χ4v) is 8.08. The number of nitrogens with one attached hydrogen (secondary N) is 1. The van der Waals surface area contributed by atoms with Crippen molar-refractivity contribution < 1.29 is 57.6 Å². The van der Waals surface area contributed by atoms with Gasteiger partial charge >= 0.3 is 12.1 Å². The molecule has 17 heteroatoms. The number of alkyl carbamates (subject to hydrolysis) is 1. The van der Waals surface area contributed by atoms with Gasteiger partial charge in [0.25, 0.3) is 11.8 Å². The monoisotopic (exact) mass is 842 g/mol. The number of anilines is 1. The van der Waals surface area contributed by atoms with Gasteiger partial charge in [-0.1, -0.05) is 48.7 Å². The third kappa shape index (κ3) is 10.2. The van der Waals surface area contributed by atoms with Crippen LogP contribution in [0.15, 0.2) is 48.1 Å². The third-order valence-corrected chi connectivity index (χ3v) is 12.1. The zero-order valence-electron chi connectivity index (χ0n) is 34.8. The van der Waals surface area contributed by atoms with E-state index in [1.165, 1.54) is 50.1 Å². The summed E-state index contributed by atoms with van der Waals surface area (Å²) in [4.78, 5) is 81.6. The number of ether oxygens (including phenoxy) is 5. The van der Waals surface area contributed by atoms with Gasteiger partial charge in [0.2, 0.25) is 11.8 Å². The van der Waals surface area contributed by atoms with E-state index in [-0.39, 0.29) is 48.6 Å². The number of hydrogen-bond acceptors (Lipinski definition) is 12. The minimum atomic E-state index is -1.85. The minimum absolute atomic E-state index is 0.0761. The van der Waals surface area contributed by atoms with Crippen LogP contribution >= 0.6 is 11.6 Å². The highest BCUT2D eigenvalue weighted by Gasteiger charge is 2.64. The van der Waals surface area contributed by atoms with E-state index >= 15 is 0 Å². The number of rotatable bonds is 11. The molecule has 5 amide bonds. The Morgan fingerprint density at radius 1 is 1.12 bits per heavy atom. The first-order chi connectivity index (χ1) is 27.8. The number of methoxy groups -OCH3 is 2. The number of likely N-dealkylation sites (N-methyl/N-ethyl adjacent to an activating group) is 1. The number of halogens is 1. The molecule has 0 radical (unpaired) electrons. The Morgan fingerprint density at radius 3 is 2.47 bits per heavy atom. The lowest BCUT2D eigenvalue weighted by Gasteiger charge is -2.42. The van der Waals surface area contributed by atoms with Crippen molar-refractivity contribution >= 4 is 53.0 Å². The minimum Gasteiger partial charge on any atom is -0.495 e. The maximum Gasteiger partial charge on any atom is 0.409 e. The molecule has 0 spiro atoms. The van der Waals surface area contributed by atoms with E-state index in [9.17, 15) is 33.9 Å². The highest BCUT2D eigenvalue weighted by atomic mass is 35.5. The van der Waals surface area contributed by atoms with Crippen molar-refractivity contribution in [1.82, 2.24) is 15.1 Å². The van der Waals surface area contributed by atoms with Gasteiger partial charge in [0.05, 0.1) is 25.3 Å². The molecule has 0 aromatic heterocycles. The van der Waals surface area contributed by atoms with Gasteiger partial charge in [-0.15, -0.1) is 0 Å². The van der Waals surface area contributed by atoms with Crippen LogP contribution in [0, 0.1) is 5.92 Å². The van der Waals surface area contributed by atoms with Crippen LogP contribution in [0.2, 0.25) is 5.02 Å². The van der Waals surface area contributed by atoms with Gasteiger partial charge in [0, 0.05) is 58.7 Å². The predicted molar refractivity (Wildman–Crippen MR) is 215 cm³/mol. The van der Waals surface area contributed by atoms with Crippen LogP contribution in [-0.4, -0.2) is 127 Å². The van der Waals surface area contributed by atoms with Crippen LogP contribution < -0.4 is 15.0 Å². The molecular weight excluding hydrogens is 788 g/mol. The van der Waals surface area contributed by atoms with Gasteiger partial charge in [-0.25, -0.2) is 9.59 Å². The number of aliphatic hydroxyl groups is 1. The molecule has 0 saturated carbocycles. The Balaban J connectivity index is 1.39.